The van der Waals surface area contributed by atoms with Crippen molar-refractivity contribution in [2.45, 2.75) is 65.5 Å². The molecule has 1 rings (SSSR count). The highest BCUT2D eigenvalue weighted by atomic mass is 16.5. The van der Waals surface area contributed by atoms with E-state index in [4.69, 9.17) is 4.74 Å². The minimum atomic E-state index is -0.141. The van der Waals surface area contributed by atoms with Crippen LogP contribution in [-0.2, 0) is 9.53 Å². The second kappa shape index (κ2) is 7.13. The van der Waals surface area contributed by atoms with Crippen LogP contribution in [-0.4, -0.2) is 25.2 Å². The number of carbonyl (C=O) groups is 1. The molecule has 1 aliphatic carbocycles. The second-order valence-corrected chi connectivity index (χ2v) is 6.49. The lowest BCUT2D eigenvalue weighted by atomic mass is 9.80. The van der Waals surface area contributed by atoms with E-state index < -0.39 is 0 Å². The van der Waals surface area contributed by atoms with E-state index in [1.54, 1.807) is 0 Å². The number of carbonyl (C=O) groups excluding carboxylic acids is 1. The van der Waals surface area contributed by atoms with E-state index in [1.165, 1.54) is 26.4 Å². The largest absolute Gasteiger partial charge is 0.468 e. The van der Waals surface area contributed by atoms with Crippen molar-refractivity contribution in [1.82, 2.24) is 5.32 Å². The quantitative estimate of drug-likeness (QED) is 0.768. The fraction of sp³-hybridized carbons (Fsp3) is 0.933. The fourth-order valence-corrected chi connectivity index (χ4v) is 3.21. The molecular formula is C15H29NO2. The summed E-state index contributed by atoms with van der Waals surface area (Å²) in [5, 5.41) is 3.52. The van der Waals surface area contributed by atoms with Crippen LogP contribution in [0, 0.1) is 17.8 Å². The maximum absolute atomic E-state index is 11.8. The minimum Gasteiger partial charge on any atom is -0.468 e. The molecule has 0 bridgehead atoms. The van der Waals surface area contributed by atoms with Gasteiger partial charge in [-0.3, -0.25) is 4.79 Å². The molecule has 106 valence electrons. The molecule has 0 radical (unpaired) electrons. The lowest BCUT2D eigenvalue weighted by Gasteiger charge is -2.34. The van der Waals surface area contributed by atoms with Gasteiger partial charge in [-0.1, -0.05) is 27.7 Å². The Bertz CT molecular complexity index is 255. The Morgan fingerprint density at radius 2 is 1.78 bits per heavy atom. The number of methoxy groups -OCH3 is 1. The molecule has 0 aromatic carbocycles. The number of hydrogen-bond donors (Lipinski definition) is 1. The van der Waals surface area contributed by atoms with E-state index in [0.29, 0.717) is 12.0 Å². The number of ether oxygens (including phenoxy) is 1. The third-order valence-electron chi connectivity index (χ3n) is 3.81. The Morgan fingerprint density at radius 1 is 1.22 bits per heavy atom. The predicted octanol–water partition coefficient (Wildman–Crippen LogP) is 2.99. The highest BCUT2D eigenvalue weighted by Crippen LogP contribution is 2.29. The molecule has 0 aromatic rings. The molecule has 3 unspecified atom stereocenters. The Balaban J connectivity index is 2.56. The van der Waals surface area contributed by atoms with Gasteiger partial charge >= 0.3 is 5.97 Å². The normalized spacial score (nSPS) is 30.2. The van der Waals surface area contributed by atoms with Crippen molar-refractivity contribution in [3.05, 3.63) is 0 Å². The topological polar surface area (TPSA) is 38.3 Å². The molecule has 3 heteroatoms. The van der Waals surface area contributed by atoms with Gasteiger partial charge in [-0.25, -0.2) is 0 Å². The highest BCUT2D eigenvalue weighted by molar-refractivity contribution is 5.75. The molecule has 1 N–H and O–H groups in total. The van der Waals surface area contributed by atoms with Gasteiger partial charge in [0, 0.05) is 6.04 Å². The highest BCUT2D eigenvalue weighted by Gasteiger charge is 2.28. The SMILES string of the molecule is COC(=O)C(CC(C)C)NC1CC(C)CC(C)C1. The Morgan fingerprint density at radius 3 is 2.22 bits per heavy atom. The summed E-state index contributed by atoms with van der Waals surface area (Å²) in [5.41, 5.74) is 0. The lowest BCUT2D eigenvalue weighted by molar-refractivity contribution is -0.144. The van der Waals surface area contributed by atoms with Crippen LogP contribution in [0.25, 0.3) is 0 Å². The molecule has 0 aromatic heterocycles. The molecule has 3 atom stereocenters. The van der Waals surface area contributed by atoms with Gasteiger partial charge in [0.05, 0.1) is 7.11 Å². The number of hydrogen-bond acceptors (Lipinski definition) is 3. The molecule has 0 spiro atoms. The first-order valence-electron chi connectivity index (χ1n) is 7.26. The van der Waals surface area contributed by atoms with Crippen molar-refractivity contribution in [2.24, 2.45) is 17.8 Å². The van der Waals surface area contributed by atoms with Gasteiger partial charge in [0.2, 0.25) is 0 Å². The molecule has 1 fully saturated rings. The third kappa shape index (κ3) is 4.97. The van der Waals surface area contributed by atoms with Gasteiger partial charge in [0.15, 0.2) is 0 Å². The van der Waals surface area contributed by atoms with Crippen molar-refractivity contribution in [1.29, 1.82) is 0 Å². The van der Waals surface area contributed by atoms with Gasteiger partial charge in [-0.15, -0.1) is 0 Å². The van der Waals surface area contributed by atoms with Gasteiger partial charge in [-0.2, -0.15) is 0 Å². The standard InChI is InChI=1S/C15H29NO2/c1-10(2)6-14(15(17)18-5)16-13-8-11(3)7-12(4)9-13/h10-14,16H,6-9H2,1-5H3. The maximum Gasteiger partial charge on any atom is 0.322 e. The summed E-state index contributed by atoms with van der Waals surface area (Å²) < 4.78 is 4.91. The van der Waals surface area contributed by atoms with E-state index >= 15 is 0 Å². The van der Waals surface area contributed by atoms with Crippen LogP contribution < -0.4 is 5.32 Å². The molecule has 0 heterocycles. The van der Waals surface area contributed by atoms with Crippen LogP contribution >= 0.6 is 0 Å². The summed E-state index contributed by atoms with van der Waals surface area (Å²) in [5.74, 6) is 1.89. The van der Waals surface area contributed by atoms with E-state index in [1.807, 2.05) is 0 Å². The summed E-state index contributed by atoms with van der Waals surface area (Å²) in [6.45, 7) is 8.90. The van der Waals surface area contributed by atoms with Crippen molar-refractivity contribution >= 4 is 5.97 Å². The van der Waals surface area contributed by atoms with Crippen LogP contribution in [0.1, 0.15) is 53.4 Å². The first kappa shape index (κ1) is 15.5. The maximum atomic E-state index is 11.8. The van der Waals surface area contributed by atoms with E-state index in [0.717, 1.165) is 18.3 Å². The molecule has 0 aliphatic heterocycles. The minimum absolute atomic E-state index is 0.116. The number of rotatable bonds is 5. The Labute approximate surface area is 112 Å². The first-order chi connectivity index (χ1) is 8.42. The molecule has 0 amide bonds. The zero-order valence-corrected chi connectivity index (χ0v) is 12.5. The van der Waals surface area contributed by atoms with Crippen molar-refractivity contribution in [3.8, 4) is 0 Å². The zero-order chi connectivity index (χ0) is 13.7. The monoisotopic (exact) mass is 255 g/mol. The summed E-state index contributed by atoms with van der Waals surface area (Å²) in [6, 6.07) is 0.323. The zero-order valence-electron chi connectivity index (χ0n) is 12.5. The lowest BCUT2D eigenvalue weighted by Crippen LogP contribution is -2.47. The van der Waals surface area contributed by atoms with Crippen molar-refractivity contribution in [2.75, 3.05) is 7.11 Å². The van der Waals surface area contributed by atoms with Gasteiger partial charge < -0.3 is 10.1 Å². The van der Waals surface area contributed by atoms with Crippen LogP contribution in [0.15, 0.2) is 0 Å². The predicted molar refractivity (Wildman–Crippen MR) is 74.4 cm³/mol. The van der Waals surface area contributed by atoms with Crippen LogP contribution in [0.5, 0.6) is 0 Å². The molecular weight excluding hydrogens is 226 g/mol. The number of esters is 1. The summed E-state index contributed by atoms with van der Waals surface area (Å²) in [7, 11) is 1.48. The average molecular weight is 255 g/mol. The number of nitrogens with one attached hydrogen (secondary N) is 1. The van der Waals surface area contributed by atoms with E-state index in [-0.39, 0.29) is 12.0 Å². The summed E-state index contributed by atoms with van der Waals surface area (Å²) in [6.07, 6.45) is 4.52. The Hall–Kier alpha value is -0.570. The van der Waals surface area contributed by atoms with Crippen LogP contribution in [0.4, 0.5) is 0 Å². The fourth-order valence-electron chi connectivity index (χ4n) is 3.21. The third-order valence-corrected chi connectivity index (χ3v) is 3.81. The van der Waals surface area contributed by atoms with Gasteiger partial charge in [0.1, 0.15) is 6.04 Å². The molecule has 1 saturated carbocycles. The van der Waals surface area contributed by atoms with Crippen molar-refractivity contribution < 1.29 is 9.53 Å². The molecule has 1 aliphatic rings. The molecule has 0 saturated heterocycles. The summed E-state index contributed by atoms with van der Waals surface area (Å²) >= 11 is 0. The van der Waals surface area contributed by atoms with Crippen LogP contribution in [0.2, 0.25) is 0 Å². The van der Waals surface area contributed by atoms with E-state index in [9.17, 15) is 4.79 Å². The molecule has 3 nitrogen and oxygen atoms in total. The Kier molecular flexibility index (Phi) is 6.13. The van der Waals surface area contributed by atoms with Gasteiger partial charge in [-0.05, 0) is 43.4 Å². The first-order valence-corrected chi connectivity index (χ1v) is 7.26. The van der Waals surface area contributed by atoms with Crippen LogP contribution in [0.3, 0.4) is 0 Å². The van der Waals surface area contributed by atoms with E-state index in [2.05, 4.69) is 33.0 Å². The average Bonchev–Trinajstić information content (AvgIpc) is 2.25. The second-order valence-electron chi connectivity index (χ2n) is 6.49. The van der Waals surface area contributed by atoms with Crippen molar-refractivity contribution in [3.63, 3.8) is 0 Å². The molecule has 18 heavy (non-hydrogen) atoms. The van der Waals surface area contributed by atoms with Gasteiger partial charge in [0.25, 0.3) is 0 Å². The summed E-state index contributed by atoms with van der Waals surface area (Å²) in [4.78, 5) is 11.8. The smallest absolute Gasteiger partial charge is 0.322 e.